The maximum atomic E-state index is 13.7. The number of aromatic nitrogens is 1. The Morgan fingerprint density at radius 2 is 1.79 bits per heavy atom. The first-order valence-corrected chi connectivity index (χ1v) is 12.5. The standard InChI is InChI=1S/C24H25F3N2O4S/c1-2-16-3-6-19(7-4-16)34(31,32)22-14-28-21-8-5-18(33-24(25,26)27)13-20(21)23(22)29-11-9-17(15-30)10-12-29/h3-8,13-14,17,30H,2,9-12,15H2,1H3. The van der Waals surface area contributed by atoms with Crippen molar-refractivity contribution >= 4 is 26.4 Å². The number of aliphatic hydroxyl groups excluding tert-OH is 1. The molecule has 0 atom stereocenters. The first-order chi connectivity index (χ1) is 16.1. The van der Waals surface area contributed by atoms with E-state index >= 15 is 0 Å². The number of hydrogen-bond donors (Lipinski definition) is 1. The summed E-state index contributed by atoms with van der Waals surface area (Å²) in [4.78, 5) is 6.11. The summed E-state index contributed by atoms with van der Waals surface area (Å²) in [5.41, 5.74) is 1.64. The van der Waals surface area contributed by atoms with E-state index < -0.39 is 21.9 Å². The van der Waals surface area contributed by atoms with E-state index in [0.717, 1.165) is 18.1 Å². The van der Waals surface area contributed by atoms with E-state index in [9.17, 15) is 26.7 Å². The van der Waals surface area contributed by atoms with E-state index in [4.69, 9.17) is 0 Å². The van der Waals surface area contributed by atoms with Crippen LogP contribution in [0.4, 0.5) is 18.9 Å². The van der Waals surface area contributed by atoms with Gasteiger partial charge < -0.3 is 14.7 Å². The van der Waals surface area contributed by atoms with Crippen LogP contribution in [0.2, 0.25) is 0 Å². The van der Waals surface area contributed by atoms with Gasteiger partial charge in [-0.1, -0.05) is 19.1 Å². The predicted molar refractivity (Wildman–Crippen MR) is 122 cm³/mol. The Bertz CT molecular complexity index is 1270. The summed E-state index contributed by atoms with van der Waals surface area (Å²) < 4.78 is 70.0. The lowest BCUT2D eigenvalue weighted by Gasteiger charge is -2.34. The number of rotatable bonds is 6. The highest BCUT2D eigenvalue weighted by molar-refractivity contribution is 7.91. The molecule has 1 aliphatic rings. The molecule has 0 spiro atoms. The normalized spacial score (nSPS) is 15.6. The van der Waals surface area contributed by atoms with E-state index in [1.54, 1.807) is 12.1 Å². The number of pyridine rings is 1. The van der Waals surface area contributed by atoms with Crippen LogP contribution in [0.1, 0.15) is 25.3 Å². The van der Waals surface area contributed by atoms with Crippen molar-refractivity contribution in [1.82, 2.24) is 4.98 Å². The number of fused-ring (bicyclic) bond motifs is 1. The van der Waals surface area contributed by atoms with E-state index in [0.29, 0.717) is 37.1 Å². The van der Waals surface area contributed by atoms with Crippen LogP contribution in [-0.2, 0) is 16.3 Å². The van der Waals surface area contributed by atoms with Crippen molar-refractivity contribution < 1.29 is 31.4 Å². The van der Waals surface area contributed by atoms with Gasteiger partial charge in [0.15, 0.2) is 0 Å². The van der Waals surface area contributed by atoms with Gasteiger partial charge in [-0.2, -0.15) is 0 Å². The van der Waals surface area contributed by atoms with Crippen LogP contribution in [0, 0.1) is 5.92 Å². The second-order valence-electron chi connectivity index (χ2n) is 8.31. The molecule has 10 heteroatoms. The Kier molecular flexibility index (Phi) is 6.73. The number of ether oxygens (including phenoxy) is 1. The fraction of sp³-hybridized carbons (Fsp3) is 0.375. The third-order valence-electron chi connectivity index (χ3n) is 6.13. The smallest absolute Gasteiger partial charge is 0.406 e. The largest absolute Gasteiger partial charge is 0.573 e. The highest BCUT2D eigenvalue weighted by Gasteiger charge is 2.33. The van der Waals surface area contributed by atoms with Crippen LogP contribution < -0.4 is 9.64 Å². The third kappa shape index (κ3) is 4.97. The first-order valence-electron chi connectivity index (χ1n) is 11.0. The number of piperidine rings is 1. The van der Waals surface area contributed by atoms with Gasteiger partial charge in [-0.25, -0.2) is 8.42 Å². The molecule has 0 saturated carbocycles. The molecule has 1 saturated heterocycles. The lowest BCUT2D eigenvalue weighted by atomic mass is 9.97. The highest BCUT2D eigenvalue weighted by atomic mass is 32.2. The monoisotopic (exact) mass is 494 g/mol. The van der Waals surface area contributed by atoms with E-state index in [2.05, 4.69) is 9.72 Å². The summed E-state index contributed by atoms with van der Waals surface area (Å²) in [6.45, 7) is 2.90. The number of anilines is 1. The molecule has 1 aromatic heterocycles. The molecule has 182 valence electrons. The Labute approximate surface area is 195 Å². The maximum Gasteiger partial charge on any atom is 0.573 e. The minimum Gasteiger partial charge on any atom is -0.406 e. The fourth-order valence-corrected chi connectivity index (χ4v) is 5.66. The summed E-state index contributed by atoms with van der Waals surface area (Å²) in [7, 11) is -4.02. The topological polar surface area (TPSA) is 79.7 Å². The van der Waals surface area contributed by atoms with Crippen molar-refractivity contribution in [3.05, 3.63) is 54.2 Å². The average molecular weight is 495 g/mol. The molecule has 2 aromatic carbocycles. The molecule has 1 fully saturated rings. The van der Waals surface area contributed by atoms with Crippen molar-refractivity contribution in [2.75, 3.05) is 24.6 Å². The van der Waals surface area contributed by atoms with E-state index in [1.165, 1.54) is 30.5 Å². The lowest BCUT2D eigenvalue weighted by molar-refractivity contribution is -0.274. The van der Waals surface area contributed by atoms with Gasteiger partial charge in [0.1, 0.15) is 10.6 Å². The van der Waals surface area contributed by atoms with Crippen LogP contribution in [0.3, 0.4) is 0 Å². The van der Waals surface area contributed by atoms with E-state index in [1.807, 2.05) is 11.8 Å². The van der Waals surface area contributed by atoms with Crippen molar-refractivity contribution in [1.29, 1.82) is 0 Å². The summed E-state index contributed by atoms with van der Waals surface area (Å²) in [5, 5.41) is 9.75. The second-order valence-corrected chi connectivity index (χ2v) is 10.2. The molecule has 0 radical (unpaired) electrons. The number of aliphatic hydroxyl groups is 1. The van der Waals surface area contributed by atoms with Gasteiger partial charge in [0.05, 0.1) is 16.1 Å². The number of benzene rings is 2. The van der Waals surface area contributed by atoms with Gasteiger partial charge in [0.2, 0.25) is 9.84 Å². The Morgan fingerprint density at radius 1 is 1.12 bits per heavy atom. The van der Waals surface area contributed by atoms with Crippen molar-refractivity contribution in [2.45, 2.75) is 42.3 Å². The summed E-state index contributed by atoms with van der Waals surface area (Å²) in [6, 6.07) is 10.3. The van der Waals surface area contributed by atoms with Gasteiger partial charge in [0, 0.05) is 31.3 Å². The SMILES string of the molecule is CCc1ccc(S(=O)(=O)c2cnc3ccc(OC(F)(F)F)cc3c2N2CCC(CO)CC2)cc1. The number of alkyl halides is 3. The van der Waals surface area contributed by atoms with Crippen LogP contribution in [-0.4, -0.2) is 44.6 Å². The Balaban J connectivity index is 1.89. The van der Waals surface area contributed by atoms with Gasteiger partial charge in [0.25, 0.3) is 0 Å². The molecule has 1 N–H and O–H groups in total. The Hall–Kier alpha value is -2.85. The molecule has 0 bridgehead atoms. The van der Waals surface area contributed by atoms with Crippen molar-refractivity contribution in [3.63, 3.8) is 0 Å². The molecule has 3 aromatic rings. The molecule has 0 amide bonds. The maximum absolute atomic E-state index is 13.7. The molecule has 6 nitrogen and oxygen atoms in total. The van der Waals surface area contributed by atoms with Crippen LogP contribution >= 0.6 is 0 Å². The zero-order chi connectivity index (χ0) is 24.5. The third-order valence-corrected chi connectivity index (χ3v) is 7.90. The summed E-state index contributed by atoms with van der Waals surface area (Å²) in [5.74, 6) is -0.356. The first kappa shape index (κ1) is 24.3. The fourth-order valence-electron chi connectivity index (χ4n) is 4.23. The minimum absolute atomic E-state index is 0.0312. The quantitative estimate of drug-likeness (QED) is 0.534. The van der Waals surface area contributed by atoms with Gasteiger partial charge in [-0.15, -0.1) is 13.2 Å². The van der Waals surface area contributed by atoms with Gasteiger partial charge in [-0.3, -0.25) is 4.98 Å². The predicted octanol–water partition coefficient (Wildman–Crippen LogP) is 4.74. The molecule has 34 heavy (non-hydrogen) atoms. The van der Waals surface area contributed by atoms with Gasteiger partial charge >= 0.3 is 6.36 Å². The number of aryl methyl sites for hydroxylation is 1. The minimum atomic E-state index is -4.88. The molecule has 1 aliphatic heterocycles. The highest BCUT2D eigenvalue weighted by Crippen LogP contribution is 2.39. The summed E-state index contributed by atoms with van der Waals surface area (Å²) >= 11 is 0. The van der Waals surface area contributed by atoms with Crippen LogP contribution in [0.15, 0.2) is 58.5 Å². The molecule has 4 rings (SSSR count). The number of nitrogens with zero attached hydrogens (tertiary/aromatic N) is 2. The zero-order valence-corrected chi connectivity index (χ0v) is 19.4. The van der Waals surface area contributed by atoms with Crippen LogP contribution in [0.25, 0.3) is 10.9 Å². The molecular formula is C24H25F3N2O4S. The van der Waals surface area contributed by atoms with Gasteiger partial charge in [-0.05, 0) is 61.1 Å². The Morgan fingerprint density at radius 3 is 2.38 bits per heavy atom. The van der Waals surface area contributed by atoms with Crippen LogP contribution in [0.5, 0.6) is 5.75 Å². The molecule has 2 heterocycles. The number of sulfone groups is 1. The lowest BCUT2D eigenvalue weighted by Crippen LogP contribution is -2.35. The molecule has 0 aliphatic carbocycles. The van der Waals surface area contributed by atoms with Crippen molar-refractivity contribution in [2.24, 2.45) is 5.92 Å². The number of halogens is 3. The second kappa shape index (κ2) is 9.42. The van der Waals surface area contributed by atoms with E-state index in [-0.39, 0.29) is 27.7 Å². The zero-order valence-electron chi connectivity index (χ0n) is 18.5. The van der Waals surface area contributed by atoms with Crippen molar-refractivity contribution in [3.8, 4) is 5.75 Å². The molecule has 0 unspecified atom stereocenters. The number of hydrogen-bond acceptors (Lipinski definition) is 6. The summed E-state index contributed by atoms with van der Waals surface area (Å²) in [6.07, 6.45) is -1.60. The average Bonchev–Trinajstić information content (AvgIpc) is 2.82. The molecular weight excluding hydrogens is 469 g/mol.